The van der Waals surface area contributed by atoms with Crippen LogP contribution in [-0.4, -0.2) is 76.3 Å². The van der Waals surface area contributed by atoms with E-state index in [1.54, 1.807) is 0 Å². The van der Waals surface area contributed by atoms with Crippen LogP contribution in [0.2, 0.25) is 0 Å². The molecule has 7 heteroatoms. The van der Waals surface area contributed by atoms with Crippen molar-refractivity contribution in [3.8, 4) is 11.4 Å². The van der Waals surface area contributed by atoms with Crippen molar-refractivity contribution in [1.29, 1.82) is 0 Å². The summed E-state index contributed by atoms with van der Waals surface area (Å²) in [7, 11) is 0. The van der Waals surface area contributed by atoms with Gasteiger partial charge in [0.15, 0.2) is 5.82 Å². The lowest BCUT2D eigenvalue weighted by Crippen LogP contribution is -2.46. The number of nitrogens with one attached hydrogen (secondary N) is 1. The van der Waals surface area contributed by atoms with Gasteiger partial charge in [-0.05, 0) is 32.4 Å². The number of amides is 1. The largest absolute Gasteiger partial charge is 0.354 e. The van der Waals surface area contributed by atoms with E-state index >= 15 is 0 Å². The molecule has 1 unspecified atom stereocenters. The smallest absolute Gasteiger partial charge is 0.243 e. The Bertz CT molecular complexity index is 812. The molecule has 1 saturated heterocycles. The second-order valence-corrected chi connectivity index (χ2v) is 8.36. The van der Waals surface area contributed by atoms with E-state index in [0.29, 0.717) is 0 Å². The number of piperazine rings is 1. The number of carbonyl (C=O) groups is 1. The van der Waals surface area contributed by atoms with Crippen molar-refractivity contribution in [3.05, 3.63) is 36.2 Å². The van der Waals surface area contributed by atoms with Crippen molar-refractivity contribution >= 4 is 5.91 Å². The molecule has 1 atom stereocenters. The fourth-order valence-electron chi connectivity index (χ4n) is 4.57. The minimum absolute atomic E-state index is 0.103. The summed E-state index contributed by atoms with van der Waals surface area (Å²) >= 11 is 0. The average molecular weight is 411 g/mol. The third kappa shape index (κ3) is 4.90. The maximum atomic E-state index is 13.1. The van der Waals surface area contributed by atoms with Gasteiger partial charge in [0.05, 0.1) is 0 Å². The molecule has 162 valence electrons. The molecular formula is C23H34N6O. The van der Waals surface area contributed by atoms with Crippen molar-refractivity contribution in [2.75, 3.05) is 45.8 Å². The number of benzene rings is 1. The van der Waals surface area contributed by atoms with Crippen molar-refractivity contribution in [1.82, 2.24) is 29.9 Å². The molecule has 2 aliphatic heterocycles. The highest BCUT2D eigenvalue weighted by Gasteiger charge is 2.29. The molecule has 2 aromatic rings. The van der Waals surface area contributed by atoms with Gasteiger partial charge in [0.2, 0.25) is 5.91 Å². The second kappa shape index (κ2) is 10.2. The predicted molar refractivity (Wildman–Crippen MR) is 118 cm³/mol. The number of rotatable bonds is 7. The summed E-state index contributed by atoms with van der Waals surface area (Å²) in [6.45, 7) is 9.72. The molecule has 2 aliphatic rings. The zero-order chi connectivity index (χ0) is 20.8. The molecule has 1 N–H and O–H groups in total. The van der Waals surface area contributed by atoms with E-state index in [9.17, 15) is 4.79 Å². The first-order valence-electron chi connectivity index (χ1n) is 11.5. The van der Waals surface area contributed by atoms with E-state index in [4.69, 9.17) is 0 Å². The fraction of sp³-hybridized carbons (Fsp3) is 0.609. The molecule has 0 aliphatic carbocycles. The van der Waals surface area contributed by atoms with Crippen LogP contribution in [0.3, 0.4) is 0 Å². The Morgan fingerprint density at radius 3 is 2.60 bits per heavy atom. The van der Waals surface area contributed by atoms with Gasteiger partial charge in [-0.25, -0.2) is 0 Å². The van der Waals surface area contributed by atoms with E-state index in [2.05, 4.69) is 36.8 Å². The van der Waals surface area contributed by atoms with E-state index < -0.39 is 0 Å². The van der Waals surface area contributed by atoms with Gasteiger partial charge in [-0.3, -0.25) is 9.36 Å². The monoisotopic (exact) mass is 410 g/mol. The van der Waals surface area contributed by atoms with Crippen LogP contribution in [-0.2, 0) is 11.2 Å². The molecule has 7 nitrogen and oxygen atoms in total. The van der Waals surface area contributed by atoms with Crippen molar-refractivity contribution in [2.45, 2.75) is 45.1 Å². The van der Waals surface area contributed by atoms with Crippen molar-refractivity contribution in [2.24, 2.45) is 0 Å². The quantitative estimate of drug-likeness (QED) is 0.710. The van der Waals surface area contributed by atoms with E-state index in [-0.39, 0.29) is 11.9 Å². The van der Waals surface area contributed by atoms with E-state index in [1.807, 2.05) is 30.3 Å². The molecule has 30 heavy (non-hydrogen) atoms. The van der Waals surface area contributed by atoms with Crippen LogP contribution < -0.4 is 5.32 Å². The van der Waals surface area contributed by atoms with Crippen LogP contribution in [0.15, 0.2) is 30.3 Å². The van der Waals surface area contributed by atoms with Crippen LogP contribution in [0.1, 0.15) is 44.5 Å². The molecule has 1 aromatic carbocycles. The topological polar surface area (TPSA) is 66.3 Å². The van der Waals surface area contributed by atoms with Crippen LogP contribution >= 0.6 is 0 Å². The first kappa shape index (κ1) is 21.0. The summed E-state index contributed by atoms with van der Waals surface area (Å²) in [4.78, 5) is 18.1. The Balaban J connectivity index is 1.35. The summed E-state index contributed by atoms with van der Waals surface area (Å²) < 4.78 is 2.08. The number of fused-ring (bicyclic) bond motifs is 1. The SMILES string of the molecule is CCN1CCN(CCCNC(=O)C2CCCCc3nnc(-c4ccccc4)n32)CC1. The van der Waals surface area contributed by atoms with E-state index in [0.717, 1.165) is 95.1 Å². The molecule has 0 spiro atoms. The third-order valence-electron chi connectivity index (χ3n) is 6.40. The predicted octanol–water partition coefficient (Wildman–Crippen LogP) is 2.36. The van der Waals surface area contributed by atoms with Gasteiger partial charge >= 0.3 is 0 Å². The average Bonchev–Trinajstić information content (AvgIpc) is 3.09. The lowest BCUT2D eigenvalue weighted by molar-refractivity contribution is -0.124. The van der Waals surface area contributed by atoms with Crippen LogP contribution in [0.4, 0.5) is 0 Å². The lowest BCUT2D eigenvalue weighted by atomic mass is 10.1. The van der Waals surface area contributed by atoms with E-state index in [1.165, 1.54) is 0 Å². The maximum Gasteiger partial charge on any atom is 0.243 e. The number of hydrogen-bond acceptors (Lipinski definition) is 5. The molecule has 1 amide bonds. The molecule has 0 saturated carbocycles. The highest BCUT2D eigenvalue weighted by Crippen LogP contribution is 2.29. The van der Waals surface area contributed by atoms with Gasteiger partial charge in [-0.1, -0.05) is 43.7 Å². The zero-order valence-electron chi connectivity index (χ0n) is 18.1. The van der Waals surface area contributed by atoms with Crippen molar-refractivity contribution in [3.63, 3.8) is 0 Å². The standard InChI is InChI=1S/C23H34N6O/c1-2-27-15-17-28(18-16-27)14-8-13-24-23(30)20-11-6-7-12-21-25-26-22(29(20)21)19-9-4-3-5-10-19/h3-5,9-10,20H,2,6-8,11-18H2,1H3,(H,24,30). The summed E-state index contributed by atoms with van der Waals surface area (Å²) in [5, 5.41) is 12.1. The highest BCUT2D eigenvalue weighted by molar-refractivity contribution is 5.81. The molecule has 0 radical (unpaired) electrons. The van der Waals surface area contributed by atoms with Crippen LogP contribution in [0, 0.1) is 0 Å². The number of nitrogens with zero attached hydrogens (tertiary/aromatic N) is 5. The molecule has 1 fully saturated rings. The van der Waals surface area contributed by atoms with Gasteiger partial charge < -0.3 is 15.1 Å². The number of hydrogen-bond donors (Lipinski definition) is 1. The second-order valence-electron chi connectivity index (χ2n) is 8.36. The van der Waals surface area contributed by atoms with Gasteiger partial charge in [0.1, 0.15) is 11.9 Å². The number of carbonyl (C=O) groups excluding carboxylic acids is 1. The van der Waals surface area contributed by atoms with Crippen LogP contribution in [0.25, 0.3) is 11.4 Å². The molecule has 1 aromatic heterocycles. The Labute approximate surface area is 179 Å². The summed E-state index contributed by atoms with van der Waals surface area (Å²) in [5.41, 5.74) is 1.02. The fourth-order valence-corrected chi connectivity index (χ4v) is 4.57. The third-order valence-corrected chi connectivity index (χ3v) is 6.40. The Morgan fingerprint density at radius 1 is 1.07 bits per heavy atom. The summed E-state index contributed by atoms with van der Waals surface area (Å²) in [5.74, 6) is 1.84. The minimum atomic E-state index is -0.221. The Kier molecular flexibility index (Phi) is 7.12. The first-order valence-corrected chi connectivity index (χ1v) is 11.5. The normalized spacial score (nSPS) is 20.5. The minimum Gasteiger partial charge on any atom is -0.354 e. The lowest BCUT2D eigenvalue weighted by Gasteiger charge is -2.34. The van der Waals surface area contributed by atoms with Crippen molar-refractivity contribution < 1.29 is 4.79 Å². The molecule has 4 rings (SSSR count). The van der Waals surface area contributed by atoms with Gasteiger partial charge in [0, 0.05) is 44.7 Å². The Morgan fingerprint density at radius 2 is 1.83 bits per heavy atom. The first-order chi connectivity index (χ1) is 14.8. The van der Waals surface area contributed by atoms with Gasteiger partial charge in [0.25, 0.3) is 0 Å². The maximum absolute atomic E-state index is 13.1. The Hall–Kier alpha value is -2.25. The molecule has 0 bridgehead atoms. The van der Waals surface area contributed by atoms with Gasteiger partial charge in [-0.2, -0.15) is 0 Å². The zero-order valence-corrected chi connectivity index (χ0v) is 18.1. The molecular weight excluding hydrogens is 376 g/mol. The summed E-state index contributed by atoms with van der Waals surface area (Å²) in [6.07, 6.45) is 4.81. The van der Waals surface area contributed by atoms with Crippen LogP contribution in [0.5, 0.6) is 0 Å². The molecule has 3 heterocycles. The highest BCUT2D eigenvalue weighted by atomic mass is 16.2. The summed E-state index contributed by atoms with van der Waals surface area (Å²) in [6, 6.07) is 9.85. The van der Waals surface area contributed by atoms with Gasteiger partial charge in [-0.15, -0.1) is 10.2 Å². The number of aryl methyl sites for hydroxylation is 1. The number of likely N-dealkylation sites (N-methyl/N-ethyl adjacent to an activating group) is 1. The number of aromatic nitrogens is 3.